The number of carbonyl (C=O) groups excluding carboxylic acids is 1. The molecule has 1 saturated heterocycles. The van der Waals surface area contributed by atoms with Gasteiger partial charge in [0.15, 0.2) is 0 Å². The SMILES string of the molecule is NC(=O)c1cnc(Cc2cnccn2)cc1NCc1ccccc1N1CCOCC1. The number of nitrogens with two attached hydrogens (primary N) is 1. The number of nitrogens with one attached hydrogen (secondary N) is 1. The number of anilines is 2. The smallest absolute Gasteiger partial charge is 0.252 e. The first-order valence-corrected chi connectivity index (χ1v) is 9.89. The van der Waals surface area contributed by atoms with E-state index in [-0.39, 0.29) is 0 Å². The van der Waals surface area contributed by atoms with Crippen molar-refractivity contribution in [2.24, 2.45) is 5.73 Å². The number of nitrogens with zero attached hydrogens (tertiary/aromatic N) is 4. The van der Waals surface area contributed by atoms with E-state index in [4.69, 9.17) is 10.5 Å². The van der Waals surface area contributed by atoms with Gasteiger partial charge in [-0.15, -0.1) is 0 Å². The van der Waals surface area contributed by atoms with Crippen LogP contribution in [-0.2, 0) is 17.7 Å². The minimum Gasteiger partial charge on any atom is -0.380 e. The van der Waals surface area contributed by atoms with Gasteiger partial charge in [-0.1, -0.05) is 18.2 Å². The van der Waals surface area contributed by atoms with E-state index in [1.165, 1.54) is 11.9 Å². The topological polar surface area (TPSA) is 106 Å². The molecule has 1 aliphatic rings. The molecule has 3 aromatic rings. The first kappa shape index (κ1) is 19.8. The second-order valence-electron chi connectivity index (χ2n) is 7.04. The van der Waals surface area contributed by atoms with Crippen molar-refractivity contribution < 1.29 is 9.53 Å². The van der Waals surface area contributed by atoms with Gasteiger partial charge < -0.3 is 20.7 Å². The minimum atomic E-state index is -0.516. The third-order valence-corrected chi connectivity index (χ3v) is 5.02. The number of morpholine rings is 1. The highest BCUT2D eigenvalue weighted by atomic mass is 16.5. The van der Waals surface area contributed by atoms with Gasteiger partial charge in [0.2, 0.25) is 0 Å². The average molecular weight is 404 g/mol. The molecule has 0 spiro atoms. The second kappa shape index (κ2) is 9.32. The Morgan fingerprint density at radius 1 is 1.10 bits per heavy atom. The van der Waals surface area contributed by atoms with Gasteiger partial charge in [-0.2, -0.15) is 0 Å². The molecule has 4 rings (SSSR count). The van der Waals surface area contributed by atoms with Gasteiger partial charge in [0.25, 0.3) is 5.91 Å². The first-order chi connectivity index (χ1) is 14.7. The predicted octanol–water partition coefficient (Wildman–Crippen LogP) is 2.01. The van der Waals surface area contributed by atoms with Gasteiger partial charge in [-0.25, -0.2) is 0 Å². The molecule has 1 aliphatic heterocycles. The quantitative estimate of drug-likeness (QED) is 0.620. The van der Waals surface area contributed by atoms with Crippen LogP contribution in [0.15, 0.2) is 55.1 Å². The molecule has 1 aromatic carbocycles. The molecule has 30 heavy (non-hydrogen) atoms. The average Bonchev–Trinajstić information content (AvgIpc) is 2.79. The number of benzene rings is 1. The maximum atomic E-state index is 11.9. The summed E-state index contributed by atoms with van der Waals surface area (Å²) >= 11 is 0. The summed E-state index contributed by atoms with van der Waals surface area (Å²) in [5, 5.41) is 3.38. The Hall–Kier alpha value is -3.52. The molecule has 8 nitrogen and oxygen atoms in total. The van der Waals surface area contributed by atoms with Gasteiger partial charge in [0.1, 0.15) is 0 Å². The van der Waals surface area contributed by atoms with E-state index in [0.29, 0.717) is 24.2 Å². The van der Waals surface area contributed by atoms with Crippen LogP contribution in [0, 0.1) is 0 Å². The molecule has 3 N–H and O–H groups in total. The lowest BCUT2D eigenvalue weighted by atomic mass is 10.1. The number of carbonyl (C=O) groups is 1. The number of primary amides is 1. The third-order valence-electron chi connectivity index (χ3n) is 5.02. The summed E-state index contributed by atoms with van der Waals surface area (Å²) in [5.74, 6) is -0.516. The standard InChI is InChI=1S/C22H24N6O2/c23-22(29)19-15-26-17(11-18-14-24-5-6-25-18)12-20(19)27-13-16-3-1-2-4-21(16)28-7-9-30-10-8-28/h1-6,12,14-15H,7-11,13H2,(H2,23,29)(H,26,27). The van der Waals surface area contributed by atoms with Crippen LogP contribution in [0.25, 0.3) is 0 Å². The van der Waals surface area contributed by atoms with Crippen LogP contribution < -0.4 is 16.0 Å². The molecule has 0 unspecified atom stereocenters. The van der Waals surface area contributed by atoms with E-state index < -0.39 is 5.91 Å². The monoisotopic (exact) mass is 404 g/mol. The molecular weight excluding hydrogens is 380 g/mol. The van der Waals surface area contributed by atoms with E-state index >= 15 is 0 Å². The molecule has 0 bridgehead atoms. The third kappa shape index (κ3) is 4.72. The maximum Gasteiger partial charge on any atom is 0.252 e. The highest BCUT2D eigenvalue weighted by Crippen LogP contribution is 2.24. The molecular formula is C22H24N6O2. The molecule has 8 heteroatoms. The zero-order chi connectivity index (χ0) is 20.8. The van der Waals surface area contributed by atoms with Crippen molar-refractivity contribution in [1.29, 1.82) is 0 Å². The lowest BCUT2D eigenvalue weighted by Gasteiger charge is -2.30. The van der Waals surface area contributed by atoms with Crippen molar-refractivity contribution in [3.8, 4) is 0 Å². The summed E-state index contributed by atoms with van der Waals surface area (Å²) in [6.07, 6.45) is 7.02. The summed E-state index contributed by atoms with van der Waals surface area (Å²) in [5.41, 5.74) is 10.5. The zero-order valence-corrected chi connectivity index (χ0v) is 16.6. The van der Waals surface area contributed by atoms with Crippen LogP contribution in [0.3, 0.4) is 0 Å². The Morgan fingerprint density at radius 2 is 1.93 bits per heavy atom. The second-order valence-corrected chi connectivity index (χ2v) is 7.04. The number of hydrogen-bond acceptors (Lipinski definition) is 7. The number of rotatable bonds is 7. The Labute approximate surface area is 175 Å². The van der Waals surface area contributed by atoms with Gasteiger partial charge in [0.05, 0.1) is 30.2 Å². The van der Waals surface area contributed by atoms with Crippen LogP contribution in [0.2, 0.25) is 0 Å². The number of aromatic nitrogens is 3. The molecule has 3 heterocycles. The normalized spacial score (nSPS) is 13.8. The van der Waals surface area contributed by atoms with E-state index in [1.54, 1.807) is 18.6 Å². The molecule has 1 fully saturated rings. The van der Waals surface area contributed by atoms with Crippen molar-refractivity contribution in [3.05, 3.63) is 77.6 Å². The molecule has 0 radical (unpaired) electrons. The number of para-hydroxylation sites is 1. The summed E-state index contributed by atoms with van der Waals surface area (Å²) in [7, 11) is 0. The Bertz CT molecular complexity index is 1010. The van der Waals surface area contributed by atoms with Gasteiger partial charge in [-0.05, 0) is 17.7 Å². The van der Waals surface area contributed by atoms with Crippen molar-refractivity contribution in [2.75, 3.05) is 36.5 Å². The first-order valence-electron chi connectivity index (χ1n) is 9.89. The van der Waals surface area contributed by atoms with Crippen molar-refractivity contribution in [1.82, 2.24) is 15.0 Å². The van der Waals surface area contributed by atoms with Crippen LogP contribution in [0.5, 0.6) is 0 Å². The van der Waals surface area contributed by atoms with Crippen molar-refractivity contribution in [3.63, 3.8) is 0 Å². The molecule has 1 amide bonds. The Kier molecular flexibility index (Phi) is 6.14. The summed E-state index contributed by atoms with van der Waals surface area (Å²) in [6, 6.07) is 10.1. The molecule has 0 aliphatic carbocycles. The van der Waals surface area contributed by atoms with Crippen molar-refractivity contribution >= 4 is 17.3 Å². The minimum absolute atomic E-state index is 0.363. The van der Waals surface area contributed by atoms with Crippen LogP contribution >= 0.6 is 0 Å². The van der Waals surface area contributed by atoms with Gasteiger partial charge in [-0.3, -0.25) is 19.7 Å². The Balaban J connectivity index is 1.55. The Morgan fingerprint density at radius 3 is 2.70 bits per heavy atom. The summed E-state index contributed by atoms with van der Waals surface area (Å²) in [6.45, 7) is 3.73. The van der Waals surface area contributed by atoms with Crippen LogP contribution in [0.4, 0.5) is 11.4 Å². The predicted molar refractivity (Wildman–Crippen MR) is 114 cm³/mol. The van der Waals surface area contributed by atoms with E-state index in [0.717, 1.165) is 43.3 Å². The summed E-state index contributed by atoms with van der Waals surface area (Å²) < 4.78 is 5.47. The lowest BCUT2D eigenvalue weighted by molar-refractivity contribution is 0.100. The van der Waals surface area contributed by atoms with E-state index in [9.17, 15) is 4.79 Å². The molecule has 154 valence electrons. The maximum absolute atomic E-state index is 11.9. The fourth-order valence-corrected chi connectivity index (χ4v) is 3.51. The van der Waals surface area contributed by atoms with Gasteiger partial charge in [0, 0.05) is 62.2 Å². The van der Waals surface area contributed by atoms with Gasteiger partial charge >= 0.3 is 0 Å². The fourth-order valence-electron chi connectivity index (χ4n) is 3.51. The largest absolute Gasteiger partial charge is 0.380 e. The zero-order valence-electron chi connectivity index (χ0n) is 16.6. The molecule has 0 atom stereocenters. The van der Waals surface area contributed by atoms with E-state index in [2.05, 4.69) is 37.3 Å². The number of amides is 1. The highest BCUT2D eigenvalue weighted by molar-refractivity contribution is 5.98. The van der Waals surface area contributed by atoms with E-state index in [1.807, 2.05) is 18.2 Å². The van der Waals surface area contributed by atoms with Crippen molar-refractivity contribution in [2.45, 2.75) is 13.0 Å². The molecule has 2 aromatic heterocycles. The fraction of sp³-hybridized carbons (Fsp3) is 0.273. The highest BCUT2D eigenvalue weighted by Gasteiger charge is 2.16. The van der Waals surface area contributed by atoms with Crippen LogP contribution in [-0.4, -0.2) is 47.2 Å². The molecule has 0 saturated carbocycles. The lowest BCUT2D eigenvalue weighted by Crippen LogP contribution is -2.36. The number of hydrogen-bond donors (Lipinski definition) is 2. The number of ether oxygens (including phenoxy) is 1. The summed E-state index contributed by atoms with van der Waals surface area (Å²) in [4.78, 5) is 27.0. The van der Waals surface area contributed by atoms with Crippen LogP contribution in [0.1, 0.15) is 27.3 Å². The number of pyridine rings is 1.